The first kappa shape index (κ1) is 7.72. The van der Waals surface area contributed by atoms with E-state index in [9.17, 15) is 5.11 Å². The standard InChI is InChI=1S/C8H10O3/c1-5-3-4-6(9)7(10)8(5)11-2/h3-4,9-10H,1-2H3. The summed E-state index contributed by atoms with van der Waals surface area (Å²) in [4.78, 5) is 0. The van der Waals surface area contributed by atoms with Crippen LogP contribution in [0.1, 0.15) is 5.56 Å². The summed E-state index contributed by atoms with van der Waals surface area (Å²) in [5.74, 6) is -0.0371. The van der Waals surface area contributed by atoms with Gasteiger partial charge in [-0.1, -0.05) is 6.07 Å². The van der Waals surface area contributed by atoms with Crippen LogP contribution in [0.25, 0.3) is 0 Å². The molecule has 0 atom stereocenters. The maximum absolute atomic E-state index is 9.20. The van der Waals surface area contributed by atoms with Crippen molar-refractivity contribution in [1.29, 1.82) is 0 Å². The van der Waals surface area contributed by atoms with Gasteiger partial charge in [-0.3, -0.25) is 0 Å². The van der Waals surface area contributed by atoms with Gasteiger partial charge in [0.1, 0.15) is 0 Å². The van der Waals surface area contributed by atoms with Crippen molar-refractivity contribution in [2.24, 2.45) is 0 Å². The zero-order chi connectivity index (χ0) is 8.43. The fourth-order valence-electron chi connectivity index (χ4n) is 0.919. The Morgan fingerprint density at radius 2 is 1.91 bits per heavy atom. The van der Waals surface area contributed by atoms with E-state index in [1.54, 1.807) is 13.0 Å². The number of methoxy groups -OCH3 is 1. The predicted molar refractivity (Wildman–Crippen MR) is 41.1 cm³/mol. The van der Waals surface area contributed by atoms with Crippen molar-refractivity contribution >= 4 is 0 Å². The summed E-state index contributed by atoms with van der Waals surface area (Å²) in [6.07, 6.45) is 0. The molecule has 0 aliphatic rings. The third kappa shape index (κ3) is 1.22. The highest BCUT2D eigenvalue weighted by atomic mass is 16.5. The van der Waals surface area contributed by atoms with E-state index in [0.717, 1.165) is 5.56 Å². The number of aromatic hydroxyl groups is 2. The second-order valence-corrected chi connectivity index (χ2v) is 2.28. The van der Waals surface area contributed by atoms with Crippen LogP contribution < -0.4 is 4.74 Å². The quantitative estimate of drug-likeness (QED) is 0.601. The fraction of sp³-hybridized carbons (Fsp3) is 0.250. The fourth-order valence-corrected chi connectivity index (χ4v) is 0.919. The summed E-state index contributed by atoms with van der Waals surface area (Å²) in [5, 5.41) is 18.2. The van der Waals surface area contributed by atoms with Crippen LogP contribution in [0.4, 0.5) is 0 Å². The predicted octanol–water partition coefficient (Wildman–Crippen LogP) is 1.41. The van der Waals surface area contributed by atoms with Gasteiger partial charge in [-0.05, 0) is 18.6 Å². The normalized spacial score (nSPS) is 9.64. The summed E-state index contributed by atoms with van der Waals surface area (Å²) >= 11 is 0. The Bertz CT molecular complexity index is 268. The number of hydrogen-bond donors (Lipinski definition) is 2. The SMILES string of the molecule is COc1c(C)ccc(O)c1O. The van der Waals surface area contributed by atoms with Gasteiger partial charge in [0.25, 0.3) is 0 Å². The van der Waals surface area contributed by atoms with Gasteiger partial charge in [0, 0.05) is 0 Å². The minimum Gasteiger partial charge on any atom is -0.504 e. The monoisotopic (exact) mass is 154 g/mol. The molecule has 3 heteroatoms. The average Bonchev–Trinajstić information content (AvgIpc) is 1.99. The lowest BCUT2D eigenvalue weighted by Gasteiger charge is -2.06. The van der Waals surface area contributed by atoms with Crippen molar-refractivity contribution in [3.05, 3.63) is 17.7 Å². The number of ether oxygens (including phenoxy) is 1. The molecule has 1 aromatic rings. The van der Waals surface area contributed by atoms with Gasteiger partial charge in [-0.2, -0.15) is 0 Å². The van der Waals surface area contributed by atoms with Crippen molar-refractivity contribution in [2.75, 3.05) is 7.11 Å². The zero-order valence-electron chi connectivity index (χ0n) is 6.46. The Balaban J connectivity index is 3.29. The molecule has 0 spiro atoms. The molecule has 3 nitrogen and oxygen atoms in total. The van der Waals surface area contributed by atoms with Gasteiger partial charge in [0.15, 0.2) is 11.5 Å². The summed E-state index contributed by atoms with van der Waals surface area (Å²) in [5.41, 5.74) is 0.794. The summed E-state index contributed by atoms with van der Waals surface area (Å²) in [7, 11) is 1.45. The molecule has 0 radical (unpaired) electrons. The second kappa shape index (κ2) is 2.70. The van der Waals surface area contributed by atoms with E-state index in [1.165, 1.54) is 13.2 Å². The Kier molecular flexibility index (Phi) is 1.89. The van der Waals surface area contributed by atoms with Crippen LogP contribution in [0.2, 0.25) is 0 Å². The molecule has 11 heavy (non-hydrogen) atoms. The van der Waals surface area contributed by atoms with E-state index in [0.29, 0.717) is 5.75 Å². The molecule has 0 fully saturated rings. The van der Waals surface area contributed by atoms with Gasteiger partial charge < -0.3 is 14.9 Å². The number of rotatable bonds is 1. The average molecular weight is 154 g/mol. The van der Waals surface area contributed by atoms with Crippen LogP contribution in [0.3, 0.4) is 0 Å². The summed E-state index contributed by atoms with van der Waals surface area (Å²) in [6, 6.07) is 3.10. The van der Waals surface area contributed by atoms with Crippen molar-refractivity contribution in [3.63, 3.8) is 0 Å². The van der Waals surface area contributed by atoms with Crippen LogP contribution in [0, 0.1) is 6.92 Å². The van der Waals surface area contributed by atoms with Crippen LogP contribution in [-0.2, 0) is 0 Å². The van der Waals surface area contributed by atoms with E-state index in [1.807, 2.05) is 0 Å². The van der Waals surface area contributed by atoms with Crippen molar-refractivity contribution in [2.45, 2.75) is 6.92 Å². The minimum atomic E-state index is -0.201. The van der Waals surface area contributed by atoms with Crippen molar-refractivity contribution in [3.8, 4) is 17.2 Å². The molecular formula is C8H10O3. The lowest BCUT2D eigenvalue weighted by molar-refractivity contribution is 0.349. The molecule has 0 unspecified atom stereocenters. The number of aryl methyl sites for hydroxylation is 1. The van der Waals surface area contributed by atoms with Gasteiger partial charge >= 0.3 is 0 Å². The molecule has 0 bridgehead atoms. The Labute approximate surface area is 64.9 Å². The van der Waals surface area contributed by atoms with Crippen molar-refractivity contribution < 1.29 is 14.9 Å². The van der Waals surface area contributed by atoms with Gasteiger partial charge in [-0.25, -0.2) is 0 Å². The summed E-state index contributed by atoms with van der Waals surface area (Å²) < 4.78 is 4.85. The molecule has 0 saturated heterocycles. The highest BCUT2D eigenvalue weighted by Gasteiger charge is 2.08. The van der Waals surface area contributed by atoms with Gasteiger partial charge in [0.2, 0.25) is 5.75 Å². The van der Waals surface area contributed by atoms with E-state index in [4.69, 9.17) is 9.84 Å². The first-order chi connectivity index (χ1) is 5.16. The van der Waals surface area contributed by atoms with Crippen LogP contribution >= 0.6 is 0 Å². The third-order valence-electron chi connectivity index (χ3n) is 1.51. The lowest BCUT2D eigenvalue weighted by Crippen LogP contribution is -1.87. The van der Waals surface area contributed by atoms with Crippen molar-refractivity contribution in [1.82, 2.24) is 0 Å². The van der Waals surface area contributed by atoms with Crippen LogP contribution in [0.15, 0.2) is 12.1 Å². The second-order valence-electron chi connectivity index (χ2n) is 2.28. The molecular weight excluding hydrogens is 144 g/mol. The molecule has 1 rings (SSSR count). The summed E-state index contributed by atoms with van der Waals surface area (Å²) in [6.45, 7) is 1.79. The Hall–Kier alpha value is -1.38. The van der Waals surface area contributed by atoms with Gasteiger partial charge in [0.05, 0.1) is 7.11 Å². The smallest absolute Gasteiger partial charge is 0.200 e. The molecule has 0 aromatic heterocycles. The third-order valence-corrected chi connectivity index (χ3v) is 1.51. The van der Waals surface area contributed by atoms with Gasteiger partial charge in [-0.15, -0.1) is 0 Å². The first-order valence-electron chi connectivity index (χ1n) is 3.22. The molecule has 60 valence electrons. The number of hydrogen-bond acceptors (Lipinski definition) is 3. The zero-order valence-corrected chi connectivity index (χ0v) is 6.46. The molecule has 2 N–H and O–H groups in total. The van der Waals surface area contributed by atoms with E-state index in [-0.39, 0.29) is 11.5 Å². The Morgan fingerprint density at radius 1 is 1.27 bits per heavy atom. The molecule has 1 aromatic carbocycles. The molecule has 0 aliphatic heterocycles. The van der Waals surface area contributed by atoms with E-state index < -0.39 is 0 Å². The van der Waals surface area contributed by atoms with E-state index >= 15 is 0 Å². The highest BCUT2D eigenvalue weighted by Crippen LogP contribution is 2.37. The Morgan fingerprint density at radius 3 is 2.36 bits per heavy atom. The maximum atomic E-state index is 9.20. The first-order valence-corrected chi connectivity index (χ1v) is 3.22. The maximum Gasteiger partial charge on any atom is 0.200 e. The van der Waals surface area contributed by atoms with Crippen LogP contribution in [-0.4, -0.2) is 17.3 Å². The van der Waals surface area contributed by atoms with E-state index in [2.05, 4.69) is 0 Å². The highest BCUT2D eigenvalue weighted by molar-refractivity contribution is 5.53. The molecule has 0 amide bonds. The topological polar surface area (TPSA) is 49.7 Å². The lowest BCUT2D eigenvalue weighted by atomic mass is 10.2. The largest absolute Gasteiger partial charge is 0.504 e. The van der Waals surface area contributed by atoms with Crippen LogP contribution in [0.5, 0.6) is 17.2 Å². The molecule has 0 saturated carbocycles. The minimum absolute atomic E-state index is 0.160. The molecule has 0 aliphatic carbocycles. The number of phenolic OH excluding ortho intramolecular Hbond substituents is 2. The number of benzene rings is 1. The molecule has 0 heterocycles. The number of phenols is 2.